The van der Waals surface area contributed by atoms with E-state index in [0.717, 1.165) is 6.42 Å². The van der Waals surface area contributed by atoms with Crippen molar-refractivity contribution >= 4 is 11.8 Å². The fourth-order valence-electron chi connectivity index (χ4n) is 2.72. The number of methoxy groups -OCH3 is 1. The second-order valence-electron chi connectivity index (χ2n) is 7.35. The van der Waals surface area contributed by atoms with Crippen LogP contribution in [0.2, 0.25) is 0 Å². The minimum Gasteiger partial charge on any atom is -0.493 e. The van der Waals surface area contributed by atoms with E-state index in [1.165, 1.54) is 7.11 Å². The van der Waals surface area contributed by atoms with Gasteiger partial charge in [-0.2, -0.15) is 0 Å². The van der Waals surface area contributed by atoms with Crippen LogP contribution >= 0.6 is 0 Å². The zero-order valence-electron chi connectivity index (χ0n) is 19.1. The monoisotopic (exact) mass is 444 g/mol. The van der Waals surface area contributed by atoms with E-state index in [1.807, 2.05) is 6.92 Å². The Bertz CT molecular complexity index is 885. The van der Waals surface area contributed by atoms with Crippen molar-refractivity contribution in [3.8, 4) is 17.2 Å². The van der Waals surface area contributed by atoms with Crippen molar-refractivity contribution < 1.29 is 28.5 Å². The summed E-state index contributed by atoms with van der Waals surface area (Å²) in [6.07, 6.45) is 0.911. The van der Waals surface area contributed by atoms with Gasteiger partial charge in [-0.3, -0.25) is 20.4 Å². The first-order chi connectivity index (χ1) is 15.5. The topological polar surface area (TPSA) is 95.1 Å². The lowest BCUT2D eigenvalue weighted by molar-refractivity contribution is 0.0840. The number of benzene rings is 2. The molecule has 2 aromatic carbocycles. The molecule has 174 valence electrons. The Hall–Kier alpha value is -3.26. The van der Waals surface area contributed by atoms with Crippen LogP contribution < -0.4 is 25.1 Å². The molecule has 2 aromatic rings. The third-order valence-electron chi connectivity index (χ3n) is 4.49. The molecule has 8 nitrogen and oxygen atoms in total. The van der Waals surface area contributed by atoms with Gasteiger partial charge in [0.25, 0.3) is 11.8 Å². The largest absolute Gasteiger partial charge is 0.493 e. The lowest BCUT2D eigenvalue weighted by atomic mass is 10.1. The molecule has 32 heavy (non-hydrogen) atoms. The highest BCUT2D eigenvalue weighted by atomic mass is 16.5. The molecule has 0 spiro atoms. The van der Waals surface area contributed by atoms with Gasteiger partial charge in [-0.1, -0.05) is 26.0 Å². The molecule has 8 heteroatoms. The van der Waals surface area contributed by atoms with Gasteiger partial charge in [0.1, 0.15) is 12.4 Å². The fourth-order valence-corrected chi connectivity index (χ4v) is 2.72. The summed E-state index contributed by atoms with van der Waals surface area (Å²) in [4.78, 5) is 25.1. The molecule has 0 fully saturated rings. The average Bonchev–Trinajstić information content (AvgIpc) is 2.80. The van der Waals surface area contributed by atoms with Crippen LogP contribution in [0.3, 0.4) is 0 Å². The van der Waals surface area contributed by atoms with Crippen LogP contribution in [-0.4, -0.2) is 45.4 Å². The molecule has 0 saturated carbocycles. The highest BCUT2D eigenvalue weighted by Crippen LogP contribution is 2.28. The number of hydrogen-bond donors (Lipinski definition) is 2. The summed E-state index contributed by atoms with van der Waals surface area (Å²) in [6, 6.07) is 11.6. The molecular weight excluding hydrogens is 412 g/mol. The predicted molar refractivity (Wildman–Crippen MR) is 121 cm³/mol. The van der Waals surface area contributed by atoms with Crippen LogP contribution in [0, 0.1) is 5.92 Å². The predicted octanol–water partition coefficient (Wildman–Crippen LogP) is 3.61. The van der Waals surface area contributed by atoms with Crippen LogP contribution in [0.25, 0.3) is 0 Å². The van der Waals surface area contributed by atoms with Crippen molar-refractivity contribution in [2.75, 3.05) is 33.5 Å². The van der Waals surface area contributed by atoms with E-state index >= 15 is 0 Å². The van der Waals surface area contributed by atoms with Crippen LogP contribution in [0.1, 0.15) is 47.9 Å². The van der Waals surface area contributed by atoms with Crippen molar-refractivity contribution in [3.05, 3.63) is 53.6 Å². The number of amides is 2. The molecule has 0 aromatic heterocycles. The maximum absolute atomic E-state index is 12.6. The van der Waals surface area contributed by atoms with Gasteiger partial charge < -0.3 is 18.9 Å². The summed E-state index contributed by atoms with van der Waals surface area (Å²) in [5, 5.41) is 0. The molecular formula is C24H32N2O6. The van der Waals surface area contributed by atoms with E-state index in [9.17, 15) is 9.59 Å². The Morgan fingerprint density at radius 3 is 2.31 bits per heavy atom. The van der Waals surface area contributed by atoms with Gasteiger partial charge in [-0.05, 0) is 49.6 Å². The standard InChI is InChI=1S/C24H32N2O6/c1-5-30-14-15-32-20-9-7-6-8-19(20)24(28)26-25-23(27)18-10-11-21(22(16-18)29-4)31-13-12-17(2)3/h6-11,16-17H,5,12-15H2,1-4H3,(H,25,27)(H,26,28). The number of carbonyl (C=O) groups is 2. The van der Waals surface area contributed by atoms with Gasteiger partial charge in [-0.15, -0.1) is 0 Å². The Morgan fingerprint density at radius 1 is 0.875 bits per heavy atom. The first kappa shape index (κ1) is 25.0. The SMILES string of the molecule is CCOCCOc1ccccc1C(=O)NNC(=O)c1ccc(OCCC(C)C)c(OC)c1. The zero-order chi connectivity index (χ0) is 23.3. The smallest absolute Gasteiger partial charge is 0.273 e. The molecule has 0 atom stereocenters. The van der Waals surface area contributed by atoms with Gasteiger partial charge in [-0.25, -0.2) is 0 Å². The first-order valence-corrected chi connectivity index (χ1v) is 10.7. The summed E-state index contributed by atoms with van der Waals surface area (Å²) in [5.41, 5.74) is 5.45. The number of carbonyl (C=O) groups excluding carboxylic acids is 2. The Kier molecular flexibility index (Phi) is 10.3. The maximum atomic E-state index is 12.6. The summed E-state index contributed by atoms with van der Waals surface area (Å²) >= 11 is 0. The van der Waals surface area contributed by atoms with E-state index in [0.29, 0.717) is 60.7 Å². The minimum absolute atomic E-state index is 0.302. The molecule has 2 amide bonds. The number of rotatable bonds is 12. The van der Waals surface area contributed by atoms with Crippen molar-refractivity contribution in [2.24, 2.45) is 5.92 Å². The number of nitrogens with one attached hydrogen (secondary N) is 2. The molecule has 0 aliphatic carbocycles. The molecule has 2 N–H and O–H groups in total. The van der Waals surface area contributed by atoms with Gasteiger partial charge in [0, 0.05) is 12.2 Å². The van der Waals surface area contributed by atoms with Gasteiger partial charge in [0.2, 0.25) is 0 Å². The molecule has 0 heterocycles. The summed E-state index contributed by atoms with van der Waals surface area (Å²) in [6.45, 7) is 8.02. The van der Waals surface area contributed by atoms with Crippen molar-refractivity contribution in [1.82, 2.24) is 10.9 Å². The number of hydrazine groups is 1. The lowest BCUT2D eigenvalue weighted by Gasteiger charge is -2.14. The Morgan fingerprint density at radius 2 is 1.59 bits per heavy atom. The summed E-state index contributed by atoms with van der Waals surface area (Å²) < 4.78 is 21.9. The molecule has 0 bridgehead atoms. The molecule has 2 rings (SSSR count). The zero-order valence-corrected chi connectivity index (χ0v) is 19.1. The molecule has 0 unspecified atom stereocenters. The summed E-state index contributed by atoms with van der Waals surface area (Å²) in [5.74, 6) is 0.956. The third kappa shape index (κ3) is 7.77. The quantitative estimate of drug-likeness (QED) is 0.384. The van der Waals surface area contributed by atoms with Crippen LogP contribution in [-0.2, 0) is 4.74 Å². The van der Waals surface area contributed by atoms with E-state index in [4.69, 9.17) is 18.9 Å². The van der Waals surface area contributed by atoms with Crippen molar-refractivity contribution in [1.29, 1.82) is 0 Å². The second-order valence-corrected chi connectivity index (χ2v) is 7.35. The Labute approximate surface area is 189 Å². The maximum Gasteiger partial charge on any atom is 0.273 e. The molecule has 0 aliphatic rings. The van der Waals surface area contributed by atoms with Gasteiger partial charge in [0.05, 0.1) is 25.9 Å². The second kappa shape index (κ2) is 13.2. The first-order valence-electron chi connectivity index (χ1n) is 10.7. The van der Waals surface area contributed by atoms with Crippen LogP contribution in [0.15, 0.2) is 42.5 Å². The van der Waals surface area contributed by atoms with Crippen LogP contribution in [0.4, 0.5) is 0 Å². The molecule has 0 aliphatic heterocycles. The third-order valence-corrected chi connectivity index (χ3v) is 4.49. The van der Waals surface area contributed by atoms with Gasteiger partial charge in [0.15, 0.2) is 11.5 Å². The highest BCUT2D eigenvalue weighted by molar-refractivity contribution is 6.00. The van der Waals surface area contributed by atoms with E-state index in [2.05, 4.69) is 24.7 Å². The van der Waals surface area contributed by atoms with Crippen molar-refractivity contribution in [3.63, 3.8) is 0 Å². The normalized spacial score (nSPS) is 10.5. The van der Waals surface area contributed by atoms with E-state index in [-0.39, 0.29) is 0 Å². The highest BCUT2D eigenvalue weighted by Gasteiger charge is 2.15. The molecule has 0 radical (unpaired) electrons. The number of para-hydroxylation sites is 1. The fraction of sp³-hybridized carbons (Fsp3) is 0.417. The lowest BCUT2D eigenvalue weighted by Crippen LogP contribution is -2.41. The molecule has 0 saturated heterocycles. The van der Waals surface area contributed by atoms with E-state index in [1.54, 1.807) is 42.5 Å². The Balaban J connectivity index is 1.96. The minimum atomic E-state index is -0.494. The van der Waals surface area contributed by atoms with Crippen LogP contribution in [0.5, 0.6) is 17.2 Å². The number of hydrogen-bond acceptors (Lipinski definition) is 6. The summed E-state index contributed by atoms with van der Waals surface area (Å²) in [7, 11) is 1.51. The van der Waals surface area contributed by atoms with Gasteiger partial charge >= 0.3 is 0 Å². The average molecular weight is 445 g/mol. The number of ether oxygens (including phenoxy) is 4. The van der Waals surface area contributed by atoms with E-state index < -0.39 is 11.8 Å². The van der Waals surface area contributed by atoms with Crippen molar-refractivity contribution in [2.45, 2.75) is 27.2 Å².